The number of anilines is 1. The molecular weight excluding hydrogens is 289 g/mol. The third-order valence-electron chi connectivity index (χ3n) is 2.60. The van der Waals surface area contributed by atoms with Crippen molar-refractivity contribution in [2.24, 2.45) is 0 Å². The third-order valence-corrected chi connectivity index (χ3v) is 2.60. The van der Waals surface area contributed by atoms with Gasteiger partial charge in [0.05, 0.1) is 0 Å². The lowest BCUT2D eigenvalue weighted by atomic mass is 10.3. The highest BCUT2D eigenvalue weighted by Crippen LogP contribution is 2.15. The van der Waals surface area contributed by atoms with E-state index in [0.717, 1.165) is 0 Å². The van der Waals surface area contributed by atoms with Gasteiger partial charge in [0.15, 0.2) is 24.8 Å². The summed E-state index contributed by atoms with van der Waals surface area (Å²) in [5.41, 5.74) is 0.603. The summed E-state index contributed by atoms with van der Waals surface area (Å²) in [6, 6.07) is 14.5. The summed E-state index contributed by atoms with van der Waals surface area (Å²) in [6.45, 7) is -0.909. The highest BCUT2D eigenvalue weighted by atomic mass is 19.1. The Morgan fingerprint density at radius 2 is 1.64 bits per heavy atom. The second-order valence-electron chi connectivity index (χ2n) is 4.29. The molecule has 0 saturated heterocycles. The minimum absolute atomic E-state index is 0.0480. The van der Waals surface area contributed by atoms with Gasteiger partial charge in [-0.2, -0.15) is 0 Å². The van der Waals surface area contributed by atoms with Crippen LogP contribution < -0.4 is 10.1 Å². The molecule has 2 aromatic rings. The molecule has 0 radical (unpaired) electrons. The fourth-order valence-corrected chi connectivity index (χ4v) is 1.60. The maximum absolute atomic E-state index is 13.3. The maximum Gasteiger partial charge on any atom is 0.344 e. The van der Waals surface area contributed by atoms with E-state index in [1.165, 1.54) is 18.2 Å². The first kappa shape index (κ1) is 15.5. The van der Waals surface area contributed by atoms with Gasteiger partial charge in [-0.05, 0) is 24.3 Å². The van der Waals surface area contributed by atoms with E-state index in [9.17, 15) is 14.0 Å². The van der Waals surface area contributed by atoms with Crippen LogP contribution in [-0.2, 0) is 14.3 Å². The average Bonchev–Trinajstić information content (AvgIpc) is 2.53. The zero-order valence-electron chi connectivity index (χ0n) is 11.6. The number of amides is 1. The molecule has 0 aromatic heterocycles. The zero-order chi connectivity index (χ0) is 15.8. The molecule has 0 atom stereocenters. The van der Waals surface area contributed by atoms with Crippen LogP contribution in [0.1, 0.15) is 0 Å². The van der Waals surface area contributed by atoms with Gasteiger partial charge in [0.2, 0.25) is 0 Å². The second-order valence-corrected chi connectivity index (χ2v) is 4.29. The van der Waals surface area contributed by atoms with Crippen molar-refractivity contribution in [1.29, 1.82) is 0 Å². The number of rotatable bonds is 6. The van der Waals surface area contributed by atoms with Crippen molar-refractivity contribution in [3.63, 3.8) is 0 Å². The van der Waals surface area contributed by atoms with Gasteiger partial charge in [-0.1, -0.05) is 30.3 Å². The van der Waals surface area contributed by atoms with E-state index in [4.69, 9.17) is 9.47 Å². The number of esters is 1. The number of hydrogen-bond donors (Lipinski definition) is 1. The van der Waals surface area contributed by atoms with Gasteiger partial charge in [-0.25, -0.2) is 9.18 Å². The van der Waals surface area contributed by atoms with E-state index in [1.807, 2.05) is 6.07 Å². The molecule has 5 nitrogen and oxygen atoms in total. The maximum atomic E-state index is 13.3. The van der Waals surface area contributed by atoms with E-state index >= 15 is 0 Å². The van der Waals surface area contributed by atoms with Crippen LogP contribution in [-0.4, -0.2) is 25.1 Å². The van der Waals surface area contributed by atoms with Gasteiger partial charge in [0.25, 0.3) is 5.91 Å². The Kier molecular flexibility index (Phi) is 5.48. The van der Waals surface area contributed by atoms with Crippen LogP contribution in [0.25, 0.3) is 0 Å². The summed E-state index contributed by atoms with van der Waals surface area (Å²) >= 11 is 0. The molecule has 0 bridgehead atoms. The van der Waals surface area contributed by atoms with Gasteiger partial charge < -0.3 is 14.8 Å². The lowest BCUT2D eigenvalue weighted by Gasteiger charge is -2.08. The quantitative estimate of drug-likeness (QED) is 0.832. The summed E-state index contributed by atoms with van der Waals surface area (Å²) in [5, 5.41) is 2.56. The number of benzene rings is 2. The highest BCUT2D eigenvalue weighted by molar-refractivity contribution is 5.92. The van der Waals surface area contributed by atoms with E-state index < -0.39 is 30.9 Å². The number of carbonyl (C=O) groups is 2. The zero-order valence-corrected chi connectivity index (χ0v) is 11.6. The summed E-state index contributed by atoms with van der Waals surface area (Å²) in [7, 11) is 0. The standard InChI is InChI=1S/C16H14FNO4/c17-13-8-4-5-9-14(13)21-11-16(20)22-10-15(19)18-12-6-2-1-3-7-12/h1-9H,10-11H2,(H,18,19). The van der Waals surface area contributed by atoms with E-state index in [0.29, 0.717) is 5.69 Å². The first-order chi connectivity index (χ1) is 10.6. The Balaban J connectivity index is 1.71. The predicted molar refractivity (Wildman–Crippen MR) is 77.9 cm³/mol. The Morgan fingerprint density at radius 3 is 2.36 bits per heavy atom. The highest BCUT2D eigenvalue weighted by Gasteiger charge is 2.10. The molecule has 0 aliphatic carbocycles. The number of nitrogens with one attached hydrogen (secondary N) is 1. The van der Waals surface area contributed by atoms with Crippen molar-refractivity contribution in [3.05, 3.63) is 60.4 Å². The van der Waals surface area contributed by atoms with Crippen LogP contribution in [0.4, 0.5) is 10.1 Å². The second kappa shape index (κ2) is 7.78. The van der Waals surface area contributed by atoms with Gasteiger partial charge >= 0.3 is 5.97 Å². The van der Waals surface area contributed by atoms with E-state index in [-0.39, 0.29) is 5.75 Å². The Labute approximate surface area is 126 Å². The predicted octanol–water partition coefficient (Wildman–Crippen LogP) is 2.39. The Morgan fingerprint density at radius 1 is 0.955 bits per heavy atom. The molecule has 0 heterocycles. The van der Waals surface area contributed by atoms with Crippen molar-refractivity contribution < 1.29 is 23.5 Å². The minimum atomic E-state index is -0.758. The number of ether oxygens (including phenoxy) is 2. The lowest BCUT2D eigenvalue weighted by Crippen LogP contribution is -2.23. The van der Waals surface area contributed by atoms with E-state index in [2.05, 4.69) is 5.32 Å². The fraction of sp³-hybridized carbons (Fsp3) is 0.125. The van der Waals surface area contributed by atoms with Crippen molar-refractivity contribution in [2.75, 3.05) is 18.5 Å². The van der Waals surface area contributed by atoms with Crippen LogP contribution in [0.2, 0.25) is 0 Å². The first-order valence-corrected chi connectivity index (χ1v) is 6.53. The summed E-state index contributed by atoms with van der Waals surface area (Å²) in [5.74, 6) is -1.85. The van der Waals surface area contributed by atoms with Crippen LogP contribution >= 0.6 is 0 Å². The van der Waals surface area contributed by atoms with Gasteiger partial charge in [0.1, 0.15) is 0 Å². The molecule has 1 N–H and O–H groups in total. The molecule has 0 aliphatic heterocycles. The van der Waals surface area contributed by atoms with Crippen LogP contribution in [0, 0.1) is 5.82 Å². The lowest BCUT2D eigenvalue weighted by molar-refractivity contribution is -0.149. The van der Waals surface area contributed by atoms with Gasteiger partial charge in [-0.15, -0.1) is 0 Å². The molecule has 2 aromatic carbocycles. The molecule has 2 rings (SSSR count). The molecule has 0 spiro atoms. The number of hydrogen-bond acceptors (Lipinski definition) is 4. The molecule has 114 valence electrons. The number of halogens is 1. The SMILES string of the molecule is O=C(COC(=O)COc1ccccc1F)Nc1ccccc1. The average molecular weight is 303 g/mol. The van der Waals surface area contributed by atoms with E-state index in [1.54, 1.807) is 30.3 Å². The monoisotopic (exact) mass is 303 g/mol. The van der Waals surface area contributed by atoms with Crippen molar-refractivity contribution >= 4 is 17.6 Å². The summed E-state index contributed by atoms with van der Waals surface area (Å²) < 4.78 is 23.0. The molecule has 0 saturated carbocycles. The van der Waals surface area contributed by atoms with Crippen LogP contribution in [0.15, 0.2) is 54.6 Å². The molecule has 6 heteroatoms. The van der Waals surface area contributed by atoms with Crippen LogP contribution in [0.3, 0.4) is 0 Å². The molecule has 0 fully saturated rings. The third kappa shape index (κ3) is 4.90. The largest absolute Gasteiger partial charge is 0.479 e. The molecule has 0 aliphatic rings. The molecular formula is C16H14FNO4. The minimum Gasteiger partial charge on any atom is -0.479 e. The fourth-order valence-electron chi connectivity index (χ4n) is 1.60. The van der Waals surface area contributed by atoms with Crippen molar-refractivity contribution in [3.8, 4) is 5.75 Å². The molecule has 1 amide bonds. The number of carbonyl (C=O) groups excluding carboxylic acids is 2. The van der Waals surface area contributed by atoms with Gasteiger partial charge in [0, 0.05) is 5.69 Å². The normalized spacial score (nSPS) is 9.86. The summed E-state index contributed by atoms with van der Waals surface area (Å²) in [4.78, 5) is 23.0. The number of para-hydroxylation sites is 2. The molecule has 0 unspecified atom stereocenters. The van der Waals surface area contributed by atoms with Crippen molar-refractivity contribution in [2.45, 2.75) is 0 Å². The van der Waals surface area contributed by atoms with Crippen LogP contribution in [0.5, 0.6) is 5.75 Å². The smallest absolute Gasteiger partial charge is 0.344 e. The summed E-state index contributed by atoms with van der Waals surface area (Å²) in [6.07, 6.45) is 0. The first-order valence-electron chi connectivity index (χ1n) is 6.53. The topological polar surface area (TPSA) is 64.6 Å². The molecule has 22 heavy (non-hydrogen) atoms. The van der Waals surface area contributed by atoms with Crippen molar-refractivity contribution in [1.82, 2.24) is 0 Å². The van der Waals surface area contributed by atoms with Gasteiger partial charge in [-0.3, -0.25) is 4.79 Å². The Bertz CT molecular complexity index is 646. The Hall–Kier alpha value is -2.89.